The minimum Gasteiger partial charge on any atom is -0.494 e. The van der Waals surface area contributed by atoms with Crippen molar-refractivity contribution < 1.29 is 9.47 Å². The van der Waals surface area contributed by atoms with Crippen molar-refractivity contribution in [2.45, 2.75) is 33.4 Å². The monoisotopic (exact) mass is 291 g/mol. The Balaban J connectivity index is 2.20. The lowest BCUT2D eigenvalue weighted by molar-refractivity contribution is 0.0709. The Morgan fingerprint density at radius 1 is 1.29 bits per heavy atom. The molecule has 1 aromatic heterocycles. The number of rotatable bonds is 7. The lowest BCUT2D eigenvalue weighted by Gasteiger charge is -2.10. The molecule has 0 atom stereocenters. The van der Waals surface area contributed by atoms with E-state index in [0.29, 0.717) is 37.0 Å². The number of tetrazole rings is 1. The van der Waals surface area contributed by atoms with Gasteiger partial charge in [0, 0.05) is 17.3 Å². The number of ether oxygens (including phenoxy) is 2. The van der Waals surface area contributed by atoms with E-state index in [-0.39, 0.29) is 6.10 Å². The lowest BCUT2D eigenvalue weighted by atomic mass is 10.2. The molecule has 0 spiro atoms. The number of nitrogen functional groups attached to an aromatic ring is 1. The van der Waals surface area contributed by atoms with Crippen LogP contribution in [0.2, 0.25) is 0 Å². The van der Waals surface area contributed by atoms with Gasteiger partial charge in [0.25, 0.3) is 0 Å². The van der Waals surface area contributed by atoms with E-state index >= 15 is 0 Å². The topological polar surface area (TPSA) is 88.1 Å². The molecular weight excluding hydrogens is 270 g/mol. The van der Waals surface area contributed by atoms with Crippen LogP contribution in [0.3, 0.4) is 0 Å². The summed E-state index contributed by atoms with van der Waals surface area (Å²) < 4.78 is 12.7. The number of aromatic nitrogens is 4. The van der Waals surface area contributed by atoms with E-state index in [4.69, 9.17) is 15.2 Å². The minimum atomic E-state index is 0.182. The predicted octanol–water partition coefficient (Wildman–Crippen LogP) is 1.75. The smallest absolute Gasteiger partial charge is 0.182 e. The van der Waals surface area contributed by atoms with Gasteiger partial charge >= 0.3 is 0 Å². The number of anilines is 1. The summed E-state index contributed by atoms with van der Waals surface area (Å²) in [6.07, 6.45) is 0.182. The van der Waals surface area contributed by atoms with E-state index in [1.807, 2.05) is 32.9 Å². The Kier molecular flexibility index (Phi) is 5.10. The average Bonchev–Trinajstić information content (AvgIpc) is 2.86. The van der Waals surface area contributed by atoms with Gasteiger partial charge in [-0.25, -0.2) is 4.68 Å². The standard InChI is InChI=1S/C14H21N5O2/c1-4-20-13-8-11(7-12(15)9-13)14-16-17-18-19(14)5-6-21-10(2)3/h7-10H,4-6,15H2,1-3H3. The van der Waals surface area contributed by atoms with Gasteiger partial charge in [-0.15, -0.1) is 5.10 Å². The highest BCUT2D eigenvalue weighted by atomic mass is 16.5. The molecule has 0 aliphatic heterocycles. The van der Waals surface area contributed by atoms with E-state index in [1.165, 1.54) is 0 Å². The molecule has 0 saturated heterocycles. The van der Waals surface area contributed by atoms with Gasteiger partial charge in [0.15, 0.2) is 5.82 Å². The molecule has 114 valence electrons. The van der Waals surface area contributed by atoms with Crippen LogP contribution >= 0.6 is 0 Å². The highest BCUT2D eigenvalue weighted by molar-refractivity contribution is 5.64. The molecule has 7 heteroatoms. The molecule has 0 fully saturated rings. The zero-order valence-electron chi connectivity index (χ0n) is 12.6. The van der Waals surface area contributed by atoms with Crippen LogP contribution in [0, 0.1) is 0 Å². The second kappa shape index (κ2) is 7.03. The van der Waals surface area contributed by atoms with Crippen LogP contribution < -0.4 is 10.5 Å². The van der Waals surface area contributed by atoms with Gasteiger partial charge in [-0.2, -0.15) is 0 Å². The molecule has 0 aliphatic rings. The third-order valence-electron chi connectivity index (χ3n) is 2.78. The molecule has 0 radical (unpaired) electrons. The van der Waals surface area contributed by atoms with Gasteiger partial charge in [-0.3, -0.25) is 0 Å². The van der Waals surface area contributed by atoms with Crippen molar-refractivity contribution in [3.05, 3.63) is 18.2 Å². The molecule has 0 saturated carbocycles. The molecule has 21 heavy (non-hydrogen) atoms. The first-order chi connectivity index (χ1) is 10.1. The van der Waals surface area contributed by atoms with Crippen molar-refractivity contribution in [1.82, 2.24) is 20.2 Å². The molecule has 0 bridgehead atoms. The van der Waals surface area contributed by atoms with Crippen molar-refractivity contribution in [3.8, 4) is 17.1 Å². The van der Waals surface area contributed by atoms with Crippen LogP contribution in [0.5, 0.6) is 5.75 Å². The normalized spacial score (nSPS) is 11.0. The first-order valence-electron chi connectivity index (χ1n) is 7.01. The fraction of sp³-hybridized carbons (Fsp3) is 0.500. The summed E-state index contributed by atoms with van der Waals surface area (Å²) in [6, 6.07) is 5.49. The van der Waals surface area contributed by atoms with Gasteiger partial charge < -0.3 is 15.2 Å². The second-order valence-electron chi connectivity index (χ2n) is 4.87. The van der Waals surface area contributed by atoms with Crippen LogP contribution in [-0.4, -0.2) is 39.5 Å². The molecule has 2 N–H and O–H groups in total. The average molecular weight is 291 g/mol. The van der Waals surface area contributed by atoms with Crippen molar-refractivity contribution in [2.24, 2.45) is 0 Å². The van der Waals surface area contributed by atoms with Crippen molar-refractivity contribution in [3.63, 3.8) is 0 Å². The molecule has 0 amide bonds. The van der Waals surface area contributed by atoms with E-state index < -0.39 is 0 Å². The fourth-order valence-electron chi connectivity index (χ4n) is 1.94. The summed E-state index contributed by atoms with van der Waals surface area (Å²) >= 11 is 0. The number of nitrogens with two attached hydrogens (primary N) is 1. The third-order valence-corrected chi connectivity index (χ3v) is 2.78. The Morgan fingerprint density at radius 3 is 2.81 bits per heavy atom. The Hall–Kier alpha value is -2.15. The number of benzene rings is 1. The van der Waals surface area contributed by atoms with E-state index in [1.54, 1.807) is 10.7 Å². The molecule has 0 unspecified atom stereocenters. The van der Waals surface area contributed by atoms with Crippen molar-refractivity contribution in [1.29, 1.82) is 0 Å². The maximum absolute atomic E-state index is 5.90. The second-order valence-corrected chi connectivity index (χ2v) is 4.87. The third kappa shape index (κ3) is 4.16. The molecule has 0 aliphatic carbocycles. The molecule has 1 aromatic carbocycles. The predicted molar refractivity (Wildman–Crippen MR) is 79.9 cm³/mol. The quantitative estimate of drug-likeness (QED) is 0.782. The highest BCUT2D eigenvalue weighted by Crippen LogP contribution is 2.25. The summed E-state index contributed by atoms with van der Waals surface area (Å²) in [6.45, 7) is 7.63. The number of hydrogen-bond acceptors (Lipinski definition) is 6. The first kappa shape index (κ1) is 15.2. The van der Waals surface area contributed by atoms with Crippen LogP contribution in [0.25, 0.3) is 11.4 Å². The minimum absolute atomic E-state index is 0.182. The molecule has 2 aromatic rings. The van der Waals surface area contributed by atoms with Gasteiger partial charge in [0.05, 0.1) is 25.9 Å². The summed E-state index contributed by atoms with van der Waals surface area (Å²) in [5.41, 5.74) is 7.34. The van der Waals surface area contributed by atoms with Gasteiger partial charge in [-0.1, -0.05) is 0 Å². The molecular formula is C14H21N5O2. The SMILES string of the molecule is CCOc1cc(N)cc(-c2nnnn2CCOC(C)C)c1. The zero-order valence-corrected chi connectivity index (χ0v) is 12.6. The van der Waals surface area contributed by atoms with Gasteiger partial charge in [0.2, 0.25) is 0 Å². The van der Waals surface area contributed by atoms with E-state index in [2.05, 4.69) is 15.5 Å². The maximum atomic E-state index is 5.90. The lowest BCUT2D eigenvalue weighted by Crippen LogP contribution is -2.12. The molecule has 7 nitrogen and oxygen atoms in total. The van der Waals surface area contributed by atoms with Crippen molar-refractivity contribution in [2.75, 3.05) is 18.9 Å². The summed E-state index contributed by atoms with van der Waals surface area (Å²) in [5, 5.41) is 11.8. The summed E-state index contributed by atoms with van der Waals surface area (Å²) in [4.78, 5) is 0. The Labute approximate surface area is 124 Å². The maximum Gasteiger partial charge on any atom is 0.182 e. The van der Waals surface area contributed by atoms with Crippen LogP contribution in [0.1, 0.15) is 20.8 Å². The first-order valence-corrected chi connectivity index (χ1v) is 7.01. The van der Waals surface area contributed by atoms with Crippen LogP contribution in [0.4, 0.5) is 5.69 Å². The molecule has 2 rings (SSSR count). The van der Waals surface area contributed by atoms with Crippen LogP contribution in [-0.2, 0) is 11.3 Å². The fourth-order valence-corrected chi connectivity index (χ4v) is 1.94. The highest BCUT2D eigenvalue weighted by Gasteiger charge is 2.11. The van der Waals surface area contributed by atoms with Gasteiger partial charge in [-0.05, 0) is 43.3 Å². The van der Waals surface area contributed by atoms with Gasteiger partial charge in [0.1, 0.15) is 5.75 Å². The van der Waals surface area contributed by atoms with E-state index in [0.717, 1.165) is 5.56 Å². The van der Waals surface area contributed by atoms with E-state index in [9.17, 15) is 0 Å². The zero-order chi connectivity index (χ0) is 15.2. The Bertz CT molecular complexity index is 582. The number of hydrogen-bond donors (Lipinski definition) is 1. The molecule has 1 heterocycles. The van der Waals surface area contributed by atoms with Crippen molar-refractivity contribution >= 4 is 5.69 Å². The summed E-state index contributed by atoms with van der Waals surface area (Å²) in [5.74, 6) is 1.36. The summed E-state index contributed by atoms with van der Waals surface area (Å²) in [7, 11) is 0. The van der Waals surface area contributed by atoms with Crippen LogP contribution in [0.15, 0.2) is 18.2 Å². The Morgan fingerprint density at radius 2 is 2.10 bits per heavy atom. The number of nitrogens with zero attached hydrogens (tertiary/aromatic N) is 4. The largest absolute Gasteiger partial charge is 0.494 e.